The van der Waals surface area contributed by atoms with Crippen LogP contribution in [0, 0.1) is 0 Å². The Labute approximate surface area is 141 Å². The Kier molecular flexibility index (Phi) is 5.08. The highest BCUT2D eigenvalue weighted by atomic mass is 16.5. The first kappa shape index (κ1) is 16.0. The average molecular weight is 320 g/mol. The van der Waals surface area contributed by atoms with Gasteiger partial charge in [0.15, 0.2) is 0 Å². The number of nitrogens with one attached hydrogen (secondary N) is 1. The summed E-state index contributed by atoms with van der Waals surface area (Å²) in [6.07, 6.45) is 3.59. The zero-order valence-electron chi connectivity index (χ0n) is 13.5. The predicted molar refractivity (Wildman–Crippen MR) is 96.1 cm³/mol. The van der Waals surface area contributed by atoms with Gasteiger partial charge in [0.05, 0.1) is 25.4 Å². The lowest BCUT2D eigenvalue weighted by Crippen LogP contribution is -2.14. The van der Waals surface area contributed by atoms with Crippen molar-refractivity contribution in [3.8, 4) is 16.9 Å². The molecule has 4 heteroatoms. The molecule has 0 saturated heterocycles. The molecule has 0 fully saturated rings. The largest absolute Gasteiger partial charge is 0.497 e. The molecular weight excluding hydrogens is 300 g/mol. The minimum Gasteiger partial charge on any atom is -0.497 e. The molecule has 2 aromatic carbocycles. The van der Waals surface area contributed by atoms with Crippen LogP contribution < -0.4 is 10.1 Å². The van der Waals surface area contributed by atoms with E-state index in [1.165, 1.54) is 0 Å². The van der Waals surface area contributed by atoms with Gasteiger partial charge in [-0.05, 0) is 29.3 Å². The molecule has 1 atom stereocenters. The Morgan fingerprint density at radius 1 is 1.00 bits per heavy atom. The number of aliphatic hydroxyl groups excluding tert-OH is 1. The minimum absolute atomic E-state index is 0.0107. The molecule has 3 rings (SSSR count). The van der Waals surface area contributed by atoms with Gasteiger partial charge in [-0.15, -0.1) is 0 Å². The molecule has 0 amide bonds. The number of benzene rings is 2. The van der Waals surface area contributed by atoms with Crippen LogP contribution in [0.5, 0.6) is 5.75 Å². The number of methoxy groups -OCH3 is 1. The molecule has 1 unspecified atom stereocenters. The van der Waals surface area contributed by atoms with Gasteiger partial charge in [0.2, 0.25) is 0 Å². The van der Waals surface area contributed by atoms with Crippen LogP contribution in [0.15, 0.2) is 73.1 Å². The van der Waals surface area contributed by atoms with E-state index in [0.717, 1.165) is 28.1 Å². The van der Waals surface area contributed by atoms with E-state index < -0.39 is 0 Å². The summed E-state index contributed by atoms with van der Waals surface area (Å²) < 4.78 is 5.19. The number of aromatic nitrogens is 1. The van der Waals surface area contributed by atoms with Crippen LogP contribution in [0.1, 0.15) is 11.6 Å². The van der Waals surface area contributed by atoms with E-state index in [9.17, 15) is 5.11 Å². The maximum atomic E-state index is 9.69. The van der Waals surface area contributed by atoms with Crippen molar-refractivity contribution in [2.24, 2.45) is 0 Å². The molecule has 0 spiro atoms. The Bertz CT molecular complexity index is 773. The van der Waals surface area contributed by atoms with E-state index in [1.54, 1.807) is 13.3 Å². The second-order valence-corrected chi connectivity index (χ2v) is 5.48. The van der Waals surface area contributed by atoms with Crippen LogP contribution in [-0.2, 0) is 0 Å². The minimum atomic E-state index is -0.167. The molecule has 2 N–H and O–H groups in total. The van der Waals surface area contributed by atoms with E-state index >= 15 is 0 Å². The van der Waals surface area contributed by atoms with Gasteiger partial charge in [0.25, 0.3) is 0 Å². The zero-order chi connectivity index (χ0) is 16.8. The highest BCUT2D eigenvalue weighted by Crippen LogP contribution is 2.25. The van der Waals surface area contributed by atoms with Crippen molar-refractivity contribution in [2.75, 3.05) is 19.0 Å². The van der Waals surface area contributed by atoms with Gasteiger partial charge in [0.1, 0.15) is 5.75 Å². The highest BCUT2D eigenvalue weighted by Gasteiger charge is 2.10. The monoisotopic (exact) mass is 320 g/mol. The van der Waals surface area contributed by atoms with Gasteiger partial charge in [-0.3, -0.25) is 4.98 Å². The van der Waals surface area contributed by atoms with Crippen LogP contribution in [0.25, 0.3) is 11.1 Å². The zero-order valence-corrected chi connectivity index (χ0v) is 13.5. The maximum absolute atomic E-state index is 9.69. The number of rotatable bonds is 6. The fraction of sp³-hybridized carbons (Fsp3) is 0.150. The van der Waals surface area contributed by atoms with Gasteiger partial charge in [-0.2, -0.15) is 0 Å². The second-order valence-electron chi connectivity index (χ2n) is 5.48. The molecule has 0 saturated carbocycles. The van der Waals surface area contributed by atoms with Gasteiger partial charge >= 0.3 is 0 Å². The van der Waals surface area contributed by atoms with Crippen LogP contribution in [0.4, 0.5) is 5.69 Å². The Morgan fingerprint density at radius 3 is 2.42 bits per heavy atom. The summed E-state index contributed by atoms with van der Waals surface area (Å²) >= 11 is 0. The fourth-order valence-corrected chi connectivity index (χ4v) is 2.58. The average Bonchev–Trinajstić information content (AvgIpc) is 2.67. The number of hydrogen-bond donors (Lipinski definition) is 2. The molecule has 0 aliphatic rings. The van der Waals surface area contributed by atoms with Gasteiger partial charge in [0, 0.05) is 18.0 Å². The quantitative estimate of drug-likeness (QED) is 0.723. The summed E-state index contributed by atoms with van der Waals surface area (Å²) in [7, 11) is 1.65. The lowest BCUT2D eigenvalue weighted by molar-refractivity contribution is 0.276. The van der Waals surface area contributed by atoms with Crippen LogP contribution >= 0.6 is 0 Å². The normalized spacial score (nSPS) is 11.8. The lowest BCUT2D eigenvalue weighted by Gasteiger charge is -2.18. The van der Waals surface area contributed by atoms with Crippen molar-refractivity contribution < 1.29 is 9.84 Å². The first-order chi connectivity index (χ1) is 11.8. The van der Waals surface area contributed by atoms with Gasteiger partial charge < -0.3 is 15.2 Å². The molecular formula is C20H20N2O2. The van der Waals surface area contributed by atoms with E-state index in [-0.39, 0.29) is 12.6 Å². The number of anilines is 1. The van der Waals surface area contributed by atoms with Gasteiger partial charge in [-0.25, -0.2) is 0 Å². The SMILES string of the molecule is COc1ccc(-c2cncc(NC(CO)c3ccccc3)c2)cc1. The predicted octanol–water partition coefficient (Wildman–Crippen LogP) is 3.90. The third-order valence-electron chi connectivity index (χ3n) is 3.89. The number of nitrogens with zero attached hydrogens (tertiary/aromatic N) is 1. The lowest BCUT2D eigenvalue weighted by atomic mass is 10.1. The first-order valence-corrected chi connectivity index (χ1v) is 7.82. The van der Waals surface area contributed by atoms with Crippen molar-refractivity contribution >= 4 is 5.69 Å². The Balaban J connectivity index is 1.81. The van der Waals surface area contributed by atoms with E-state index in [2.05, 4.69) is 10.3 Å². The summed E-state index contributed by atoms with van der Waals surface area (Å²) in [4.78, 5) is 4.31. The molecule has 24 heavy (non-hydrogen) atoms. The summed E-state index contributed by atoms with van der Waals surface area (Å²) in [5.41, 5.74) is 3.97. The van der Waals surface area contributed by atoms with Crippen molar-refractivity contribution in [3.63, 3.8) is 0 Å². The summed E-state index contributed by atoms with van der Waals surface area (Å²) in [6, 6.07) is 19.6. The topological polar surface area (TPSA) is 54.4 Å². The molecule has 122 valence electrons. The second kappa shape index (κ2) is 7.62. The smallest absolute Gasteiger partial charge is 0.118 e. The van der Waals surface area contributed by atoms with Crippen molar-refractivity contribution in [1.29, 1.82) is 0 Å². The third-order valence-corrected chi connectivity index (χ3v) is 3.89. The number of hydrogen-bond acceptors (Lipinski definition) is 4. The van der Waals surface area contributed by atoms with Crippen molar-refractivity contribution in [2.45, 2.75) is 6.04 Å². The van der Waals surface area contributed by atoms with E-state index in [0.29, 0.717) is 0 Å². The van der Waals surface area contributed by atoms with Gasteiger partial charge in [-0.1, -0.05) is 42.5 Å². The summed E-state index contributed by atoms with van der Waals surface area (Å²) in [5.74, 6) is 0.824. The molecule has 0 aliphatic heterocycles. The number of ether oxygens (including phenoxy) is 1. The fourth-order valence-electron chi connectivity index (χ4n) is 2.58. The van der Waals surface area contributed by atoms with Crippen molar-refractivity contribution in [3.05, 3.63) is 78.6 Å². The number of pyridine rings is 1. The molecule has 1 aromatic heterocycles. The Hall–Kier alpha value is -2.85. The molecule has 0 bridgehead atoms. The maximum Gasteiger partial charge on any atom is 0.118 e. The third kappa shape index (κ3) is 3.73. The van der Waals surface area contributed by atoms with E-state index in [4.69, 9.17) is 4.74 Å². The van der Waals surface area contributed by atoms with E-state index in [1.807, 2.05) is 66.9 Å². The molecule has 4 nitrogen and oxygen atoms in total. The first-order valence-electron chi connectivity index (χ1n) is 7.82. The van der Waals surface area contributed by atoms with Crippen molar-refractivity contribution in [1.82, 2.24) is 4.98 Å². The number of aliphatic hydroxyl groups is 1. The molecule has 0 aliphatic carbocycles. The Morgan fingerprint density at radius 2 is 1.75 bits per heavy atom. The standard InChI is InChI=1S/C20H20N2O2/c1-24-19-9-7-15(8-10-19)17-11-18(13-21-12-17)22-20(14-23)16-5-3-2-4-6-16/h2-13,20,22-23H,14H2,1H3. The summed E-state index contributed by atoms with van der Waals surface area (Å²) in [5, 5.41) is 13.0. The molecule has 3 aromatic rings. The van der Waals surface area contributed by atoms with Crippen LogP contribution in [0.3, 0.4) is 0 Å². The van der Waals surface area contributed by atoms with Crippen LogP contribution in [-0.4, -0.2) is 23.8 Å². The van der Waals surface area contributed by atoms with Crippen LogP contribution in [0.2, 0.25) is 0 Å². The highest BCUT2D eigenvalue weighted by molar-refractivity contribution is 5.67. The summed E-state index contributed by atoms with van der Waals surface area (Å²) in [6.45, 7) is 0.0107. The molecule has 0 radical (unpaired) electrons. The molecule has 1 heterocycles.